The van der Waals surface area contributed by atoms with Crippen LogP contribution in [0.3, 0.4) is 0 Å². The maximum absolute atomic E-state index is 12.0. The van der Waals surface area contributed by atoms with Crippen molar-refractivity contribution in [2.45, 2.75) is 92.4 Å². The van der Waals surface area contributed by atoms with Crippen LogP contribution >= 0.6 is 0 Å². The van der Waals surface area contributed by atoms with E-state index in [-0.39, 0.29) is 18.0 Å². The number of para-hydroxylation sites is 2. The molecule has 5 rings (SSSR count). The third-order valence-corrected chi connectivity index (χ3v) is 10.6. The van der Waals surface area contributed by atoms with E-state index in [0.717, 1.165) is 52.9 Å². The van der Waals surface area contributed by atoms with Crippen LogP contribution in [0.4, 0.5) is 0 Å². The summed E-state index contributed by atoms with van der Waals surface area (Å²) in [7, 11) is 1.39. The number of fused-ring (bicyclic) bond motifs is 3. The lowest BCUT2D eigenvalue weighted by molar-refractivity contribution is -0.594. The Labute approximate surface area is 307 Å². The average Bonchev–Trinajstić information content (AvgIpc) is 3.48. The van der Waals surface area contributed by atoms with E-state index >= 15 is 0 Å². The number of ether oxygens (including phenoxy) is 1. The molecule has 0 spiro atoms. The predicted molar refractivity (Wildman–Crippen MR) is 208 cm³/mol. The van der Waals surface area contributed by atoms with Gasteiger partial charge in [0.05, 0.1) is 7.11 Å². The Bertz CT molecular complexity index is 1960. The van der Waals surface area contributed by atoms with E-state index in [1.807, 2.05) is 53.4 Å². The molecule has 0 radical (unpaired) electrons. The van der Waals surface area contributed by atoms with Gasteiger partial charge in [-0.05, 0) is 88.2 Å². The number of rotatable bonds is 13. The summed E-state index contributed by atoms with van der Waals surface area (Å²) in [5.41, 5.74) is 6.53. The van der Waals surface area contributed by atoms with Crippen molar-refractivity contribution in [3.63, 3.8) is 0 Å². The van der Waals surface area contributed by atoms with Crippen molar-refractivity contribution in [2.24, 2.45) is 17.3 Å². The molecule has 1 fully saturated rings. The summed E-state index contributed by atoms with van der Waals surface area (Å²) in [6, 6.07) is 17.7. The van der Waals surface area contributed by atoms with Crippen LogP contribution in [0, 0.1) is 17.3 Å². The van der Waals surface area contributed by atoms with Gasteiger partial charge < -0.3 is 19.9 Å². The highest BCUT2D eigenvalue weighted by Crippen LogP contribution is 2.46. The maximum atomic E-state index is 12.0. The van der Waals surface area contributed by atoms with Crippen molar-refractivity contribution < 1.29 is 33.9 Å². The summed E-state index contributed by atoms with van der Waals surface area (Å²) in [5.74, 6) is -1.09. The maximum Gasteiger partial charge on any atom is 0.344 e. The summed E-state index contributed by atoms with van der Waals surface area (Å²) < 4.78 is 6.81. The van der Waals surface area contributed by atoms with Gasteiger partial charge in [-0.25, -0.2) is 14.4 Å². The van der Waals surface area contributed by atoms with E-state index in [4.69, 9.17) is 14.9 Å². The highest BCUT2D eigenvalue weighted by atomic mass is 16.5. The quantitative estimate of drug-likeness (QED) is 0.0551. The highest BCUT2D eigenvalue weighted by molar-refractivity contribution is 6.06. The van der Waals surface area contributed by atoms with Crippen molar-refractivity contribution >= 4 is 39.7 Å². The zero-order valence-corrected chi connectivity index (χ0v) is 31.6. The number of methoxy groups -OCH3 is 1. The van der Waals surface area contributed by atoms with Gasteiger partial charge in [0.15, 0.2) is 12.4 Å². The number of pyridine rings is 1. The van der Waals surface area contributed by atoms with Crippen LogP contribution in [-0.2, 0) is 14.3 Å². The van der Waals surface area contributed by atoms with Crippen LogP contribution in [0.2, 0.25) is 0 Å². The number of aliphatic carboxylic acids is 2. The zero-order valence-electron chi connectivity index (χ0n) is 31.6. The van der Waals surface area contributed by atoms with Crippen LogP contribution in [0.25, 0.3) is 27.5 Å². The van der Waals surface area contributed by atoms with E-state index in [9.17, 15) is 14.4 Å². The molecule has 2 aromatic carbocycles. The van der Waals surface area contributed by atoms with E-state index in [1.54, 1.807) is 6.07 Å². The van der Waals surface area contributed by atoms with Crippen molar-refractivity contribution in [3.8, 4) is 5.69 Å². The lowest BCUT2D eigenvalue weighted by atomic mass is 9.62. The average molecular weight is 708 g/mol. The van der Waals surface area contributed by atoms with Crippen LogP contribution < -0.4 is 4.57 Å². The number of carboxylic acid groups (broad SMARTS) is 2. The number of carbonyl (C=O) groups is 3. The zero-order chi connectivity index (χ0) is 37.8. The predicted octanol–water partition coefficient (Wildman–Crippen LogP) is 10.2. The molecule has 2 unspecified atom stereocenters. The first-order valence-corrected chi connectivity index (χ1v) is 18.4. The first kappa shape index (κ1) is 39.8. The molecule has 0 bridgehead atoms. The number of carboxylic acids is 2. The Kier molecular flexibility index (Phi) is 14.2. The second-order valence-corrected chi connectivity index (χ2v) is 14.9. The molecule has 0 amide bonds. The normalized spacial score (nSPS) is 17.8. The van der Waals surface area contributed by atoms with Gasteiger partial charge in [0.1, 0.15) is 11.1 Å². The molecule has 2 atom stereocenters. The van der Waals surface area contributed by atoms with Crippen LogP contribution in [0.1, 0.15) is 103 Å². The third-order valence-electron chi connectivity index (χ3n) is 10.6. The van der Waals surface area contributed by atoms with Gasteiger partial charge in [-0.3, -0.25) is 0 Å². The van der Waals surface area contributed by atoms with E-state index in [0.29, 0.717) is 17.4 Å². The number of aromatic amines is 1. The van der Waals surface area contributed by atoms with Gasteiger partial charge in [0.25, 0.3) is 0 Å². The SMILES string of the molecule is C/C(=C\CC/C(=C/C(=O)O)C(=O)O)CC/C=C(\C)CCC1C(C)CCCC1(C)C.COC(=O)c1ccccc1-[n+]1ccc2c(c1)[nH]c1ccccc12. The summed E-state index contributed by atoms with van der Waals surface area (Å²) in [5, 5.41) is 20.1. The molecular formula is C44H55N2O6+. The molecule has 4 aromatic rings. The van der Waals surface area contributed by atoms with E-state index < -0.39 is 11.9 Å². The molecule has 1 aliphatic rings. The van der Waals surface area contributed by atoms with Crippen molar-refractivity contribution in [2.75, 3.05) is 7.11 Å². The summed E-state index contributed by atoms with van der Waals surface area (Å²) in [4.78, 5) is 37.1. The van der Waals surface area contributed by atoms with Gasteiger partial charge in [-0.2, -0.15) is 4.57 Å². The molecule has 52 heavy (non-hydrogen) atoms. The molecule has 1 saturated carbocycles. The van der Waals surface area contributed by atoms with Crippen molar-refractivity contribution in [1.82, 2.24) is 4.98 Å². The number of nitrogens with one attached hydrogen (secondary N) is 1. The molecule has 276 valence electrons. The minimum absolute atomic E-state index is 0.0582. The number of carbonyl (C=O) groups excluding carboxylic acids is 1. The standard InChI is InChI=1S/C25H40O4.C19H14N2O2/c1-18(11-7-13-21(24(28)29)17-23(26)27)9-6-10-19(2)14-15-22-20(3)12-8-16-25(22,4)5;1-23-19(22)15-7-3-5-9-18(15)21-11-10-14-13-6-2-4-8-16(13)20-17(14)12-21/h10-11,17,20,22H,6-9,12-16H2,1-5H3,(H,26,27)(H,28,29);2-12H,1H3/p+1/b18-11+,19-10+,21-17-;. The fourth-order valence-electron chi connectivity index (χ4n) is 7.64. The Morgan fingerprint density at radius 2 is 1.56 bits per heavy atom. The first-order chi connectivity index (χ1) is 24.8. The summed E-state index contributed by atoms with van der Waals surface area (Å²) in [6.07, 6.45) is 18.4. The molecule has 1 aliphatic carbocycles. The van der Waals surface area contributed by atoms with Crippen molar-refractivity contribution in [3.05, 3.63) is 108 Å². The Balaban J connectivity index is 0.000000237. The topological polar surface area (TPSA) is 121 Å². The molecule has 8 heteroatoms. The first-order valence-electron chi connectivity index (χ1n) is 18.4. The smallest absolute Gasteiger partial charge is 0.344 e. The highest BCUT2D eigenvalue weighted by Gasteiger charge is 2.36. The van der Waals surface area contributed by atoms with Gasteiger partial charge >= 0.3 is 17.9 Å². The minimum atomic E-state index is -1.21. The summed E-state index contributed by atoms with van der Waals surface area (Å²) in [6.45, 7) is 11.6. The Morgan fingerprint density at radius 3 is 2.25 bits per heavy atom. The lowest BCUT2D eigenvalue weighted by Gasteiger charge is -2.43. The second kappa shape index (κ2) is 18.5. The summed E-state index contributed by atoms with van der Waals surface area (Å²) >= 11 is 0. The number of allylic oxidation sites excluding steroid dienone is 4. The van der Waals surface area contributed by atoms with Crippen molar-refractivity contribution in [1.29, 1.82) is 0 Å². The van der Waals surface area contributed by atoms with Gasteiger partial charge in [0, 0.05) is 40.1 Å². The monoisotopic (exact) mass is 707 g/mol. The van der Waals surface area contributed by atoms with E-state index in [2.05, 4.69) is 63.9 Å². The third kappa shape index (κ3) is 10.8. The van der Waals surface area contributed by atoms with E-state index in [1.165, 1.54) is 55.7 Å². The molecule has 8 nitrogen and oxygen atoms in total. The van der Waals surface area contributed by atoms with Gasteiger partial charge in [-0.15, -0.1) is 0 Å². The molecule has 2 aromatic heterocycles. The molecule has 2 heterocycles. The molecule has 0 saturated heterocycles. The number of nitrogens with zero attached hydrogens (tertiary/aromatic N) is 1. The fraction of sp³-hybridized carbons (Fsp3) is 0.409. The lowest BCUT2D eigenvalue weighted by Crippen LogP contribution is -2.33. The number of H-pyrrole nitrogens is 1. The van der Waals surface area contributed by atoms with Crippen LogP contribution in [0.5, 0.6) is 0 Å². The second-order valence-electron chi connectivity index (χ2n) is 14.9. The number of hydrogen-bond acceptors (Lipinski definition) is 4. The molecular weight excluding hydrogens is 652 g/mol. The Hall–Kier alpha value is -4.98. The number of aromatic nitrogens is 2. The largest absolute Gasteiger partial charge is 0.478 e. The molecule has 3 N–H and O–H groups in total. The van der Waals surface area contributed by atoms with Gasteiger partial charge in [0.2, 0.25) is 5.69 Å². The fourth-order valence-corrected chi connectivity index (χ4v) is 7.64. The minimum Gasteiger partial charge on any atom is -0.478 e. The number of hydrogen-bond donors (Lipinski definition) is 3. The van der Waals surface area contributed by atoms with Gasteiger partial charge in [-0.1, -0.05) is 87.2 Å². The Morgan fingerprint density at radius 1 is 0.904 bits per heavy atom. The number of esters is 1. The van der Waals surface area contributed by atoms with Crippen LogP contribution in [-0.4, -0.2) is 40.2 Å². The number of benzene rings is 2. The molecule has 0 aliphatic heterocycles. The van der Waals surface area contributed by atoms with Crippen LogP contribution in [0.15, 0.2) is 102 Å².